The molecule has 0 aromatic carbocycles. The molecule has 0 aliphatic carbocycles. The third-order valence-corrected chi connectivity index (χ3v) is 5.01. The normalized spacial score (nSPS) is 28.3. The standard InChI is InChI=1S/C19H35F2NO/c1-6-12-19(20,21)13-23-17-11-9-8-10-15(4)18(14(3)7-2)22-16(17)5/h11,14-16,18,22H,6-10,12-13H2,1-5H3. The molecule has 4 atom stereocenters. The van der Waals surface area contributed by atoms with Crippen molar-refractivity contribution in [3.05, 3.63) is 11.8 Å². The third-order valence-electron chi connectivity index (χ3n) is 5.01. The number of hydrogen-bond donors (Lipinski definition) is 1. The van der Waals surface area contributed by atoms with Crippen LogP contribution >= 0.6 is 0 Å². The predicted octanol–water partition coefficient (Wildman–Crippen LogP) is 5.54. The number of nitrogens with one attached hydrogen (secondary N) is 1. The Bertz CT molecular complexity index is 370. The second kappa shape index (κ2) is 9.61. The van der Waals surface area contributed by atoms with Crippen LogP contribution in [-0.4, -0.2) is 24.6 Å². The van der Waals surface area contributed by atoms with E-state index >= 15 is 0 Å². The molecule has 4 heteroatoms. The number of alkyl halides is 2. The van der Waals surface area contributed by atoms with Crippen LogP contribution in [0.15, 0.2) is 11.8 Å². The lowest BCUT2D eigenvalue weighted by Gasteiger charge is -2.33. The summed E-state index contributed by atoms with van der Waals surface area (Å²) in [5.74, 6) is -0.907. The molecule has 1 aliphatic heterocycles. The highest BCUT2D eigenvalue weighted by Gasteiger charge is 2.31. The molecule has 136 valence electrons. The van der Waals surface area contributed by atoms with Crippen LogP contribution in [0.5, 0.6) is 0 Å². The molecular formula is C19H35F2NO. The third kappa shape index (κ3) is 6.78. The van der Waals surface area contributed by atoms with E-state index in [0.717, 1.165) is 25.7 Å². The van der Waals surface area contributed by atoms with E-state index in [4.69, 9.17) is 4.74 Å². The molecule has 0 fully saturated rings. The predicted molar refractivity (Wildman–Crippen MR) is 92.7 cm³/mol. The fourth-order valence-corrected chi connectivity index (χ4v) is 3.37. The van der Waals surface area contributed by atoms with Gasteiger partial charge < -0.3 is 10.1 Å². The van der Waals surface area contributed by atoms with Crippen molar-refractivity contribution >= 4 is 0 Å². The van der Waals surface area contributed by atoms with Gasteiger partial charge in [0, 0.05) is 12.5 Å². The Morgan fingerprint density at radius 3 is 2.65 bits per heavy atom. The van der Waals surface area contributed by atoms with Gasteiger partial charge in [-0.3, -0.25) is 0 Å². The number of ether oxygens (including phenoxy) is 1. The Hall–Kier alpha value is -0.640. The van der Waals surface area contributed by atoms with Crippen LogP contribution in [0.3, 0.4) is 0 Å². The average molecular weight is 331 g/mol. The lowest BCUT2D eigenvalue weighted by atomic mass is 9.85. The van der Waals surface area contributed by atoms with Crippen LogP contribution in [0.1, 0.15) is 73.1 Å². The summed E-state index contributed by atoms with van der Waals surface area (Å²) < 4.78 is 33.0. The van der Waals surface area contributed by atoms with Gasteiger partial charge in [0.25, 0.3) is 5.92 Å². The zero-order valence-electron chi connectivity index (χ0n) is 15.5. The minimum Gasteiger partial charge on any atom is -0.490 e. The molecule has 1 heterocycles. The zero-order valence-corrected chi connectivity index (χ0v) is 15.5. The Balaban J connectivity index is 2.75. The molecule has 0 amide bonds. The van der Waals surface area contributed by atoms with Gasteiger partial charge in [0.2, 0.25) is 0 Å². The summed E-state index contributed by atoms with van der Waals surface area (Å²) in [5, 5.41) is 3.64. The Kier molecular flexibility index (Phi) is 8.52. The molecule has 1 aliphatic rings. The molecule has 0 spiro atoms. The first kappa shape index (κ1) is 20.4. The van der Waals surface area contributed by atoms with E-state index in [2.05, 4.69) is 26.1 Å². The quantitative estimate of drug-likeness (QED) is 0.662. The topological polar surface area (TPSA) is 21.3 Å². The van der Waals surface area contributed by atoms with Crippen LogP contribution in [0.4, 0.5) is 8.78 Å². The van der Waals surface area contributed by atoms with Crippen LogP contribution < -0.4 is 5.32 Å². The van der Waals surface area contributed by atoms with E-state index in [-0.39, 0.29) is 12.5 Å². The molecular weight excluding hydrogens is 296 g/mol. The Morgan fingerprint density at radius 2 is 2.04 bits per heavy atom. The first-order chi connectivity index (χ1) is 10.8. The summed E-state index contributed by atoms with van der Waals surface area (Å²) in [7, 11) is 0. The molecule has 2 nitrogen and oxygen atoms in total. The highest BCUT2D eigenvalue weighted by molar-refractivity contribution is 5.04. The highest BCUT2D eigenvalue weighted by atomic mass is 19.3. The van der Waals surface area contributed by atoms with Crippen LogP contribution in [0, 0.1) is 11.8 Å². The van der Waals surface area contributed by atoms with Gasteiger partial charge in [-0.2, -0.15) is 0 Å². The smallest absolute Gasteiger partial charge is 0.281 e. The zero-order chi connectivity index (χ0) is 17.5. The van der Waals surface area contributed by atoms with E-state index in [0.29, 0.717) is 30.1 Å². The highest BCUT2D eigenvalue weighted by Crippen LogP contribution is 2.26. The Labute approximate surface area is 141 Å². The van der Waals surface area contributed by atoms with E-state index < -0.39 is 12.5 Å². The molecule has 0 saturated heterocycles. The van der Waals surface area contributed by atoms with Crippen LogP contribution in [0.25, 0.3) is 0 Å². The second-order valence-corrected chi connectivity index (χ2v) is 7.21. The minimum absolute atomic E-state index is 0.0213. The van der Waals surface area contributed by atoms with E-state index in [1.165, 1.54) is 0 Å². The van der Waals surface area contributed by atoms with Crippen molar-refractivity contribution in [2.24, 2.45) is 11.8 Å². The summed E-state index contributed by atoms with van der Waals surface area (Å²) >= 11 is 0. The second-order valence-electron chi connectivity index (χ2n) is 7.21. The molecule has 0 radical (unpaired) electrons. The summed E-state index contributed by atoms with van der Waals surface area (Å²) in [6.45, 7) is 10.0. The van der Waals surface area contributed by atoms with Gasteiger partial charge in [-0.1, -0.05) is 40.5 Å². The van der Waals surface area contributed by atoms with Crippen molar-refractivity contribution in [1.29, 1.82) is 0 Å². The molecule has 0 saturated carbocycles. The van der Waals surface area contributed by atoms with Gasteiger partial charge in [-0.25, -0.2) is 8.78 Å². The van der Waals surface area contributed by atoms with Gasteiger partial charge in [-0.05, 0) is 44.1 Å². The average Bonchev–Trinajstić information content (AvgIpc) is 2.56. The van der Waals surface area contributed by atoms with Crippen molar-refractivity contribution in [1.82, 2.24) is 5.32 Å². The van der Waals surface area contributed by atoms with Crippen molar-refractivity contribution in [3.8, 4) is 0 Å². The van der Waals surface area contributed by atoms with Gasteiger partial charge in [0.15, 0.2) is 6.61 Å². The SMILES string of the molecule is CCCC(F)(F)COC1=CCCCC(C)C(C(C)CC)NC1C. The lowest BCUT2D eigenvalue weighted by Crippen LogP contribution is -2.45. The first-order valence-corrected chi connectivity index (χ1v) is 9.27. The van der Waals surface area contributed by atoms with Crippen LogP contribution in [-0.2, 0) is 4.74 Å². The van der Waals surface area contributed by atoms with E-state index in [1.54, 1.807) is 6.92 Å². The number of rotatable bonds is 7. The summed E-state index contributed by atoms with van der Waals surface area (Å²) in [5.41, 5.74) is 0. The monoisotopic (exact) mass is 331 g/mol. The molecule has 1 N–H and O–H groups in total. The van der Waals surface area contributed by atoms with Gasteiger partial charge in [0.1, 0.15) is 5.76 Å². The van der Waals surface area contributed by atoms with E-state index in [1.807, 2.05) is 13.0 Å². The lowest BCUT2D eigenvalue weighted by molar-refractivity contribution is -0.0691. The van der Waals surface area contributed by atoms with E-state index in [9.17, 15) is 8.78 Å². The molecule has 0 aromatic heterocycles. The fraction of sp³-hybridized carbons (Fsp3) is 0.895. The maximum Gasteiger partial charge on any atom is 0.281 e. The summed E-state index contributed by atoms with van der Waals surface area (Å²) in [6.07, 6.45) is 6.61. The fourth-order valence-electron chi connectivity index (χ4n) is 3.37. The summed E-state index contributed by atoms with van der Waals surface area (Å²) in [4.78, 5) is 0. The largest absolute Gasteiger partial charge is 0.490 e. The van der Waals surface area contributed by atoms with Gasteiger partial charge in [-0.15, -0.1) is 0 Å². The molecule has 0 bridgehead atoms. The first-order valence-electron chi connectivity index (χ1n) is 9.27. The summed E-state index contributed by atoms with van der Waals surface area (Å²) in [6, 6.07) is 0.378. The van der Waals surface area contributed by atoms with Gasteiger partial charge in [0.05, 0.1) is 6.04 Å². The minimum atomic E-state index is -2.74. The van der Waals surface area contributed by atoms with Gasteiger partial charge >= 0.3 is 0 Å². The van der Waals surface area contributed by atoms with Crippen molar-refractivity contribution in [2.75, 3.05) is 6.61 Å². The number of hydrogen-bond acceptors (Lipinski definition) is 2. The molecule has 23 heavy (non-hydrogen) atoms. The van der Waals surface area contributed by atoms with Crippen molar-refractivity contribution in [3.63, 3.8) is 0 Å². The number of allylic oxidation sites excluding steroid dienone is 1. The van der Waals surface area contributed by atoms with Crippen molar-refractivity contribution in [2.45, 2.75) is 91.1 Å². The van der Waals surface area contributed by atoms with Crippen molar-refractivity contribution < 1.29 is 13.5 Å². The maximum atomic E-state index is 13.7. The molecule has 1 rings (SSSR count). The maximum absolute atomic E-state index is 13.7. The molecule has 4 unspecified atom stereocenters. The number of halogens is 2. The molecule has 0 aromatic rings. The van der Waals surface area contributed by atoms with Crippen LogP contribution in [0.2, 0.25) is 0 Å². The Morgan fingerprint density at radius 1 is 1.35 bits per heavy atom.